The van der Waals surface area contributed by atoms with Crippen molar-refractivity contribution in [3.8, 4) is 0 Å². The number of hydrogen-bond acceptors (Lipinski definition) is 5. The zero-order chi connectivity index (χ0) is 13.1. The highest BCUT2D eigenvalue weighted by Crippen LogP contribution is 2.28. The molecule has 5 nitrogen and oxygen atoms in total. The SMILES string of the molecule is Cc1nc(N2CCC(OCC(=O)O)CC2)sc1C. The van der Waals surface area contributed by atoms with Crippen molar-refractivity contribution in [3.63, 3.8) is 0 Å². The molecule has 0 radical (unpaired) electrons. The monoisotopic (exact) mass is 270 g/mol. The van der Waals surface area contributed by atoms with Crippen LogP contribution in [-0.4, -0.2) is 41.9 Å². The summed E-state index contributed by atoms with van der Waals surface area (Å²) in [7, 11) is 0. The van der Waals surface area contributed by atoms with Gasteiger partial charge in [0.2, 0.25) is 0 Å². The molecule has 0 amide bonds. The van der Waals surface area contributed by atoms with Crippen molar-refractivity contribution in [1.82, 2.24) is 4.98 Å². The maximum Gasteiger partial charge on any atom is 0.329 e. The molecular formula is C12H18N2O3S. The first-order valence-corrected chi connectivity index (χ1v) is 6.90. The highest BCUT2D eigenvalue weighted by Gasteiger charge is 2.22. The normalized spacial score (nSPS) is 17.1. The molecule has 1 aromatic rings. The largest absolute Gasteiger partial charge is 0.480 e. The van der Waals surface area contributed by atoms with Gasteiger partial charge in [-0.1, -0.05) is 0 Å². The van der Waals surface area contributed by atoms with Crippen LogP contribution in [-0.2, 0) is 9.53 Å². The lowest BCUT2D eigenvalue weighted by Gasteiger charge is -2.31. The number of hydrogen-bond donors (Lipinski definition) is 1. The molecule has 18 heavy (non-hydrogen) atoms. The molecule has 1 fully saturated rings. The van der Waals surface area contributed by atoms with Crippen LogP contribution in [0, 0.1) is 13.8 Å². The van der Waals surface area contributed by atoms with Crippen molar-refractivity contribution < 1.29 is 14.6 Å². The summed E-state index contributed by atoms with van der Waals surface area (Å²) in [6.45, 7) is 5.69. The van der Waals surface area contributed by atoms with E-state index in [1.54, 1.807) is 11.3 Å². The van der Waals surface area contributed by atoms with E-state index >= 15 is 0 Å². The molecule has 1 aliphatic rings. The van der Waals surface area contributed by atoms with E-state index in [0.717, 1.165) is 36.8 Å². The van der Waals surface area contributed by atoms with Crippen molar-refractivity contribution in [2.24, 2.45) is 0 Å². The maximum atomic E-state index is 10.4. The second kappa shape index (κ2) is 5.67. The van der Waals surface area contributed by atoms with Gasteiger partial charge in [-0.3, -0.25) is 0 Å². The molecule has 0 atom stereocenters. The second-order valence-corrected chi connectivity index (χ2v) is 5.71. The molecule has 0 aliphatic carbocycles. The van der Waals surface area contributed by atoms with Gasteiger partial charge in [-0.15, -0.1) is 11.3 Å². The third-order valence-corrected chi connectivity index (χ3v) is 4.31. The van der Waals surface area contributed by atoms with Gasteiger partial charge in [0, 0.05) is 18.0 Å². The van der Waals surface area contributed by atoms with E-state index in [4.69, 9.17) is 9.84 Å². The molecule has 0 unspecified atom stereocenters. The topological polar surface area (TPSA) is 62.7 Å². The van der Waals surface area contributed by atoms with Crippen LogP contribution < -0.4 is 4.90 Å². The minimum atomic E-state index is -0.899. The van der Waals surface area contributed by atoms with Gasteiger partial charge < -0.3 is 14.7 Å². The fraction of sp³-hybridized carbons (Fsp3) is 0.667. The molecule has 0 aromatic carbocycles. The van der Waals surface area contributed by atoms with Crippen molar-refractivity contribution in [2.45, 2.75) is 32.8 Å². The van der Waals surface area contributed by atoms with Crippen LogP contribution in [0.15, 0.2) is 0 Å². The number of rotatable bonds is 4. The number of carboxylic acid groups (broad SMARTS) is 1. The molecule has 1 saturated heterocycles. The number of anilines is 1. The van der Waals surface area contributed by atoms with E-state index < -0.39 is 5.97 Å². The van der Waals surface area contributed by atoms with E-state index in [9.17, 15) is 4.79 Å². The zero-order valence-corrected chi connectivity index (χ0v) is 11.5. The molecule has 2 rings (SSSR count). The van der Waals surface area contributed by atoms with Gasteiger partial charge in [0.25, 0.3) is 0 Å². The van der Waals surface area contributed by atoms with Crippen LogP contribution >= 0.6 is 11.3 Å². The maximum absolute atomic E-state index is 10.4. The Balaban J connectivity index is 1.84. The van der Waals surface area contributed by atoms with Gasteiger partial charge in [0.1, 0.15) is 6.61 Å². The van der Waals surface area contributed by atoms with E-state index in [2.05, 4.69) is 16.8 Å². The molecular weight excluding hydrogens is 252 g/mol. The summed E-state index contributed by atoms with van der Waals surface area (Å²) in [5.74, 6) is -0.899. The standard InChI is InChI=1S/C12H18N2O3S/c1-8-9(2)18-12(13-8)14-5-3-10(4-6-14)17-7-11(15)16/h10H,3-7H2,1-2H3,(H,15,16). The fourth-order valence-electron chi connectivity index (χ4n) is 1.99. The van der Waals surface area contributed by atoms with Gasteiger partial charge >= 0.3 is 5.97 Å². The lowest BCUT2D eigenvalue weighted by molar-refractivity contribution is -0.144. The first-order chi connectivity index (χ1) is 8.56. The highest BCUT2D eigenvalue weighted by molar-refractivity contribution is 7.15. The number of aryl methyl sites for hydroxylation is 2. The summed E-state index contributed by atoms with van der Waals surface area (Å²) in [6.07, 6.45) is 1.80. The quantitative estimate of drug-likeness (QED) is 0.904. The number of nitrogens with zero attached hydrogens (tertiary/aromatic N) is 2. The Morgan fingerprint density at radius 1 is 1.50 bits per heavy atom. The highest BCUT2D eigenvalue weighted by atomic mass is 32.1. The predicted octanol–water partition coefficient (Wildman–Crippen LogP) is 1.83. The van der Waals surface area contributed by atoms with E-state index in [1.807, 2.05) is 6.92 Å². The van der Waals surface area contributed by atoms with Crippen molar-refractivity contribution in [2.75, 3.05) is 24.6 Å². The van der Waals surface area contributed by atoms with Gasteiger partial charge in [0.15, 0.2) is 5.13 Å². The Bertz CT molecular complexity index is 405. The van der Waals surface area contributed by atoms with Gasteiger partial charge in [-0.05, 0) is 26.7 Å². The van der Waals surface area contributed by atoms with Crippen molar-refractivity contribution in [1.29, 1.82) is 0 Å². The van der Waals surface area contributed by atoms with Crippen LogP contribution in [0.2, 0.25) is 0 Å². The predicted molar refractivity (Wildman–Crippen MR) is 70.4 cm³/mol. The molecule has 0 spiro atoms. The lowest BCUT2D eigenvalue weighted by Crippen LogP contribution is -2.37. The van der Waals surface area contributed by atoms with E-state index in [1.165, 1.54) is 4.88 Å². The summed E-state index contributed by atoms with van der Waals surface area (Å²) in [4.78, 5) is 18.5. The molecule has 1 aliphatic heterocycles. The van der Waals surface area contributed by atoms with Gasteiger partial charge in [0.05, 0.1) is 11.8 Å². The van der Waals surface area contributed by atoms with Gasteiger partial charge in [-0.2, -0.15) is 0 Å². The first-order valence-electron chi connectivity index (χ1n) is 6.08. The summed E-state index contributed by atoms with van der Waals surface area (Å²) in [6, 6.07) is 0. The number of carboxylic acids is 1. The Kier molecular flexibility index (Phi) is 4.19. The van der Waals surface area contributed by atoms with Gasteiger partial charge in [-0.25, -0.2) is 9.78 Å². The fourth-order valence-corrected chi connectivity index (χ4v) is 2.96. The average molecular weight is 270 g/mol. The van der Waals surface area contributed by atoms with Crippen molar-refractivity contribution in [3.05, 3.63) is 10.6 Å². The third-order valence-electron chi connectivity index (χ3n) is 3.17. The lowest BCUT2D eigenvalue weighted by atomic mass is 10.1. The van der Waals surface area contributed by atoms with E-state index in [0.29, 0.717) is 0 Å². The van der Waals surface area contributed by atoms with Crippen LogP contribution in [0.3, 0.4) is 0 Å². The van der Waals surface area contributed by atoms with Crippen molar-refractivity contribution >= 4 is 22.4 Å². The Hall–Kier alpha value is -1.14. The summed E-state index contributed by atoms with van der Waals surface area (Å²) in [5, 5.41) is 9.63. The third kappa shape index (κ3) is 3.20. The van der Waals surface area contributed by atoms with Crippen LogP contribution in [0.25, 0.3) is 0 Å². The number of thiazole rings is 1. The first kappa shape index (κ1) is 13.3. The van der Waals surface area contributed by atoms with Crippen LogP contribution in [0.4, 0.5) is 5.13 Å². The number of ether oxygens (including phenoxy) is 1. The van der Waals surface area contributed by atoms with E-state index in [-0.39, 0.29) is 12.7 Å². The number of carbonyl (C=O) groups is 1. The Labute approximate surface area is 110 Å². The molecule has 0 saturated carbocycles. The minimum Gasteiger partial charge on any atom is -0.480 e. The Morgan fingerprint density at radius 3 is 2.67 bits per heavy atom. The molecule has 2 heterocycles. The number of aromatic nitrogens is 1. The molecule has 1 N–H and O–H groups in total. The second-order valence-electron chi connectivity index (χ2n) is 4.53. The molecule has 1 aromatic heterocycles. The molecule has 100 valence electrons. The minimum absolute atomic E-state index is 0.0690. The average Bonchev–Trinajstić information content (AvgIpc) is 2.68. The molecule has 6 heteroatoms. The molecule has 0 bridgehead atoms. The Morgan fingerprint density at radius 2 is 2.17 bits per heavy atom. The summed E-state index contributed by atoms with van der Waals surface area (Å²) in [5.41, 5.74) is 1.10. The smallest absolute Gasteiger partial charge is 0.329 e. The summed E-state index contributed by atoms with van der Waals surface area (Å²) >= 11 is 1.72. The number of piperidine rings is 1. The zero-order valence-electron chi connectivity index (χ0n) is 10.7. The van der Waals surface area contributed by atoms with Crippen LogP contribution in [0.5, 0.6) is 0 Å². The number of aliphatic carboxylic acids is 1. The summed E-state index contributed by atoms with van der Waals surface area (Å²) < 4.78 is 5.31. The van der Waals surface area contributed by atoms with Crippen LogP contribution in [0.1, 0.15) is 23.4 Å².